The maximum absolute atomic E-state index is 12.5. The SMILES string of the molecule is COCCCNC(=O)c1c(C#N)ccn1-c1cc(C)ccc1C. The highest BCUT2D eigenvalue weighted by molar-refractivity contribution is 5.96. The van der Waals surface area contributed by atoms with Crippen molar-refractivity contribution in [1.82, 2.24) is 9.88 Å². The molecule has 23 heavy (non-hydrogen) atoms. The molecule has 5 heteroatoms. The Hall–Kier alpha value is -2.58. The number of nitriles is 1. The summed E-state index contributed by atoms with van der Waals surface area (Å²) in [6.07, 6.45) is 2.50. The molecule has 0 saturated heterocycles. The lowest BCUT2D eigenvalue weighted by atomic mass is 10.1. The molecule has 0 unspecified atom stereocenters. The molecule has 120 valence electrons. The van der Waals surface area contributed by atoms with E-state index in [0.717, 1.165) is 23.2 Å². The Kier molecular flexibility index (Phi) is 5.56. The summed E-state index contributed by atoms with van der Waals surface area (Å²) in [6.45, 7) is 5.09. The summed E-state index contributed by atoms with van der Waals surface area (Å²) in [5.41, 5.74) is 3.80. The lowest BCUT2D eigenvalue weighted by Gasteiger charge is -2.13. The van der Waals surface area contributed by atoms with Gasteiger partial charge in [0.15, 0.2) is 0 Å². The highest BCUT2D eigenvalue weighted by Crippen LogP contribution is 2.21. The number of carbonyl (C=O) groups is 1. The minimum atomic E-state index is -0.247. The van der Waals surface area contributed by atoms with Gasteiger partial charge < -0.3 is 14.6 Å². The van der Waals surface area contributed by atoms with Gasteiger partial charge in [-0.3, -0.25) is 4.79 Å². The predicted molar refractivity (Wildman–Crippen MR) is 88.8 cm³/mol. The van der Waals surface area contributed by atoms with Crippen molar-refractivity contribution in [3.05, 3.63) is 52.8 Å². The van der Waals surface area contributed by atoms with E-state index < -0.39 is 0 Å². The zero-order valence-corrected chi connectivity index (χ0v) is 13.7. The summed E-state index contributed by atoms with van der Waals surface area (Å²) in [4.78, 5) is 12.5. The van der Waals surface area contributed by atoms with Crippen molar-refractivity contribution in [2.24, 2.45) is 0 Å². The molecule has 0 radical (unpaired) electrons. The number of carbonyl (C=O) groups excluding carboxylic acids is 1. The maximum atomic E-state index is 12.5. The van der Waals surface area contributed by atoms with Gasteiger partial charge >= 0.3 is 0 Å². The molecule has 1 aromatic heterocycles. The van der Waals surface area contributed by atoms with Crippen LogP contribution in [0.5, 0.6) is 0 Å². The lowest BCUT2D eigenvalue weighted by Crippen LogP contribution is -2.28. The fourth-order valence-electron chi connectivity index (χ4n) is 2.44. The molecule has 0 bridgehead atoms. The van der Waals surface area contributed by atoms with E-state index >= 15 is 0 Å². The third-order valence-electron chi connectivity index (χ3n) is 3.66. The second-order valence-corrected chi connectivity index (χ2v) is 5.45. The van der Waals surface area contributed by atoms with Gasteiger partial charge in [-0.1, -0.05) is 12.1 Å². The highest BCUT2D eigenvalue weighted by Gasteiger charge is 2.18. The summed E-state index contributed by atoms with van der Waals surface area (Å²) in [6, 6.07) is 9.82. The van der Waals surface area contributed by atoms with Crippen LogP contribution in [-0.4, -0.2) is 30.7 Å². The molecule has 1 amide bonds. The van der Waals surface area contributed by atoms with Crippen molar-refractivity contribution in [1.29, 1.82) is 5.26 Å². The van der Waals surface area contributed by atoms with Crippen LogP contribution in [0.25, 0.3) is 5.69 Å². The monoisotopic (exact) mass is 311 g/mol. The van der Waals surface area contributed by atoms with Gasteiger partial charge in [0.2, 0.25) is 0 Å². The summed E-state index contributed by atoms with van der Waals surface area (Å²) in [5, 5.41) is 12.1. The third-order valence-corrected chi connectivity index (χ3v) is 3.66. The summed E-state index contributed by atoms with van der Waals surface area (Å²) >= 11 is 0. The fraction of sp³-hybridized carbons (Fsp3) is 0.333. The van der Waals surface area contributed by atoms with E-state index in [9.17, 15) is 10.1 Å². The molecule has 0 atom stereocenters. The number of methoxy groups -OCH3 is 1. The zero-order chi connectivity index (χ0) is 16.8. The second-order valence-electron chi connectivity index (χ2n) is 5.45. The van der Waals surface area contributed by atoms with Crippen LogP contribution in [0.3, 0.4) is 0 Å². The first-order chi connectivity index (χ1) is 11.1. The van der Waals surface area contributed by atoms with Gasteiger partial charge in [-0.2, -0.15) is 5.26 Å². The van der Waals surface area contributed by atoms with E-state index in [1.807, 2.05) is 32.0 Å². The van der Waals surface area contributed by atoms with Crippen molar-refractivity contribution in [2.45, 2.75) is 20.3 Å². The minimum absolute atomic E-state index is 0.247. The topological polar surface area (TPSA) is 67.0 Å². The normalized spacial score (nSPS) is 10.3. The van der Waals surface area contributed by atoms with Crippen LogP contribution in [0.2, 0.25) is 0 Å². The van der Waals surface area contributed by atoms with Gasteiger partial charge in [-0.05, 0) is 43.5 Å². The number of aromatic nitrogens is 1. The average Bonchev–Trinajstić information content (AvgIpc) is 2.97. The standard InChI is InChI=1S/C18H21N3O2/c1-13-5-6-14(2)16(11-13)21-9-7-15(12-19)17(21)18(22)20-8-4-10-23-3/h5-7,9,11H,4,8,10H2,1-3H3,(H,20,22). The Bertz CT molecular complexity index is 741. The number of nitrogens with zero attached hydrogens (tertiary/aromatic N) is 2. The zero-order valence-electron chi connectivity index (χ0n) is 13.7. The Labute approximate surface area is 136 Å². The molecule has 0 saturated carbocycles. The molecule has 0 aliphatic heterocycles. The molecule has 1 N–H and O–H groups in total. The number of ether oxygens (including phenoxy) is 1. The molecule has 1 heterocycles. The number of benzene rings is 1. The number of nitrogens with one attached hydrogen (secondary N) is 1. The molecule has 0 aliphatic carbocycles. The van der Waals surface area contributed by atoms with Crippen molar-refractivity contribution in [2.75, 3.05) is 20.3 Å². The molecule has 2 aromatic rings. The number of rotatable bonds is 6. The molecular formula is C18H21N3O2. The highest BCUT2D eigenvalue weighted by atomic mass is 16.5. The third kappa shape index (κ3) is 3.79. The van der Waals surface area contributed by atoms with Crippen molar-refractivity contribution in [3.8, 4) is 11.8 Å². The van der Waals surface area contributed by atoms with Crippen LogP contribution in [0.1, 0.15) is 33.6 Å². The van der Waals surface area contributed by atoms with E-state index in [-0.39, 0.29) is 5.91 Å². The molecule has 0 aliphatic rings. The quantitative estimate of drug-likeness (QED) is 0.834. The van der Waals surface area contributed by atoms with Crippen LogP contribution < -0.4 is 5.32 Å². The number of aryl methyl sites for hydroxylation is 2. The first-order valence-corrected chi connectivity index (χ1v) is 7.54. The smallest absolute Gasteiger partial charge is 0.269 e. The number of hydrogen-bond donors (Lipinski definition) is 1. The molecule has 0 fully saturated rings. The Morgan fingerprint density at radius 2 is 2.13 bits per heavy atom. The Morgan fingerprint density at radius 1 is 1.35 bits per heavy atom. The van der Waals surface area contributed by atoms with Crippen LogP contribution in [0.15, 0.2) is 30.5 Å². The van der Waals surface area contributed by atoms with Gasteiger partial charge in [0.05, 0.1) is 5.56 Å². The van der Waals surface area contributed by atoms with E-state index in [0.29, 0.717) is 24.4 Å². The Balaban J connectivity index is 2.35. The van der Waals surface area contributed by atoms with E-state index in [4.69, 9.17) is 4.74 Å². The van der Waals surface area contributed by atoms with Crippen LogP contribution >= 0.6 is 0 Å². The van der Waals surface area contributed by atoms with Gasteiger partial charge in [0, 0.05) is 32.1 Å². The number of hydrogen-bond acceptors (Lipinski definition) is 3. The van der Waals surface area contributed by atoms with Crippen LogP contribution in [-0.2, 0) is 4.74 Å². The Morgan fingerprint density at radius 3 is 2.83 bits per heavy atom. The van der Waals surface area contributed by atoms with Crippen molar-refractivity contribution >= 4 is 5.91 Å². The molecule has 0 spiro atoms. The van der Waals surface area contributed by atoms with Gasteiger partial charge in [-0.25, -0.2) is 0 Å². The summed E-state index contributed by atoms with van der Waals surface area (Å²) < 4.78 is 6.76. The summed E-state index contributed by atoms with van der Waals surface area (Å²) in [5.74, 6) is -0.247. The van der Waals surface area contributed by atoms with Gasteiger partial charge in [-0.15, -0.1) is 0 Å². The average molecular weight is 311 g/mol. The molecular weight excluding hydrogens is 290 g/mol. The first-order valence-electron chi connectivity index (χ1n) is 7.54. The first kappa shape index (κ1) is 16.8. The molecule has 5 nitrogen and oxygen atoms in total. The van der Waals surface area contributed by atoms with Crippen molar-refractivity contribution < 1.29 is 9.53 Å². The van der Waals surface area contributed by atoms with Gasteiger partial charge in [0.25, 0.3) is 5.91 Å². The van der Waals surface area contributed by atoms with Gasteiger partial charge in [0.1, 0.15) is 11.8 Å². The fourth-order valence-corrected chi connectivity index (χ4v) is 2.44. The minimum Gasteiger partial charge on any atom is -0.385 e. The van der Waals surface area contributed by atoms with E-state index in [1.165, 1.54) is 0 Å². The second kappa shape index (κ2) is 7.61. The lowest BCUT2D eigenvalue weighted by molar-refractivity contribution is 0.0941. The summed E-state index contributed by atoms with van der Waals surface area (Å²) in [7, 11) is 1.63. The van der Waals surface area contributed by atoms with Crippen LogP contribution in [0, 0.1) is 25.2 Å². The van der Waals surface area contributed by atoms with Crippen molar-refractivity contribution in [3.63, 3.8) is 0 Å². The predicted octanol–water partition coefficient (Wildman–Crippen LogP) is 2.73. The molecule has 2 rings (SSSR count). The van der Waals surface area contributed by atoms with E-state index in [1.54, 1.807) is 23.9 Å². The van der Waals surface area contributed by atoms with E-state index in [2.05, 4.69) is 11.4 Å². The molecule has 1 aromatic carbocycles. The largest absolute Gasteiger partial charge is 0.385 e. The maximum Gasteiger partial charge on any atom is 0.269 e. The van der Waals surface area contributed by atoms with Crippen LogP contribution in [0.4, 0.5) is 0 Å². The number of amides is 1.